The molecule has 1 aliphatic heterocycles. The van der Waals surface area contributed by atoms with Crippen LogP contribution in [-0.4, -0.2) is 39.0 Å². The van der Waals surface area contributed by atoms with Crippen LogP contribution < -0.4 is 0 Å². The molecule has 1 aliphatic rings. The Labute approximate surface area is 155 Å². The van der Waals surface area contributed by atoms with E-state index in [1.54, 1.807) is 6.26 Å². The number of benzene rings is 1. The summed E-state index contributed by atoms with van der Waals surface area (Å²) in [5.74, 6) is 1.71. The Morgan fingerprint density at radius 2 is 2.08 bits per heavy atom. The van der Waals surface area contributed by atoms with Crippen molar-refractivity contribution in [1.82, 2.24) is 14.8 Å². The molecule has 4 rings (SSSR count). The summed E-state index contributed by atoms with van der Waals surface area (Å²) < 4.78 is 13.3. The molecule has 0 radical (unpaired) electrons. The molecule has 0 amide bonds. The van der Waals surface area contributed by atoms with Gasteiger partial charge in [-0.05, 0) is 25.0 Å². The summed E-state index contributed by atoms with van der Waals surface area (Å²) in [5, 5.41) is 9.28. The van der Waals surface area contributed by atoms with Crippen molar-refractivity contribution >= 4 is 17.5 Å². The fourth-order valence-electron chi connectivity index (χ4n) is 2.98. The number of carbonyl (C=O) groups is 1. The SMILES string of the molecule is O=C(CSc1nnc(-c2ccco2)n1C[C@@H]1CCCO1)c1ccccc1. The number of furan rings is 1. The Morgan fingerprint density at radius 3 is 2.81 bits per heavy atom. The Bertz CT molecular complexity index is 856. The fourth-order valence-corrected chi connectivity index (χ4v) is 3.82. The van der Waals surface area contributed by atoms with Crippen LogP contribution in [0.15, 0.2) is 58.3 Å². The van der Waals surface area contributed by atoms with Gasteiger partial charge in [-0.2, -0.15) is 0 Å². The second-order valence-corrected chi connectivity index (χ2v) is 7.05. The minimum absolute atomic E-state index is 0.0711. The Balaban J connectivity index is 1.54. The summed E-state index contributed by atoms with van der Waals surface area (Å²) in [4.78, 5) is 12.4. The highest BCUT2D eigenvalue weighted by Crippen LogP contribution is 2.27. The number of hydrogen-bond donors (Lipinski definition) is 0. The molecule has 1 atom stereocenters. The molecule has 3 heterocycles. The topological polar surface area (TPSA) is 70.2 Å². The zero-order valence-corrected chi connectivity index (χ0v) is 15.0. The largest absolute Gasteiger partial charge is 0.461 e. The highest BCUT2D eigenvalue weighted by atomic mass is 32.2. The van der Waals surface area contributed by atoms with Gasteiger partial charge in [-0.1, -0.05) is 42.1 Å². The molecule has 0 bridgehead atoms. The number of Topliss-reactive ketones (excluding diaryl/α,β-unsaturated/α-hetero) is 1. The van der Waals surface area contributed by atoms with E-state index < -0.39 is 0 Å². The predicted octanol–water partition coefficient (Wildman–Crippen LogP) is 3.69. The van der Waals surface area contributed by atoms with Gasteiger partial charge in [0, 0.05) is 12.2 Å². The average molecular weight is 369 g/mol. The molecule has 0 N–H and O–H groups in total. The van der Waals surface area contributed by atoms with Crippen molar-refractivity contribution in [1.29, 1.82) is 0 Å². The lowest BCUT2D eigenvalue weighted by molar-refractivity contribution is 0.0952. The van der Waals surface area contributed by atoms with E-state index in [-0.39, 0.29) is 11.9 Å². The van der Waals surface area contributed by atoms with Crippen molar-refractivity contribution in [2.24, 2.45) is 0 Å². The molecule has 1 saturated heterocycles. The van der Waals surface area contributed by atoms with Gasteiger partial charge in [0.1, 0.15) is 0 Å². The molecule has 2 aromatic heterocycles. The van der Waals surface area contributed by atoms with Gasteiger partial charge in [0.25, 0.3) is 0 Å². The van der Waals surface area contributed by atoms with Gasteiger partial charge in [0.15, 0.2) is 16.7 Å². The third-order valence-corrected chi connectivity index (χ3v) is 5.26. The van der Waals surface area contributed by atoms with E-state index in [4.69, 9.17) is 9.15 Å². The smallest absolute Gasteiger partial charge is 0.200 e. The molecule has 134 valence electrons. The summed E-state index contributed by atoms with van der Waals surface area (Å²) in [6.45, 7) is 1.45. The molecular weight excluding hydrogens is 350 g/mol. The number of rotatable bonds is 7. The van der Waals surface area contributed by atoms with Crippen molar-refractivity contribution in [2.45, 2.75) is 30.6 Å². The maximum atomic E-state index is 12.4. The Morgan fingerprint density at radius 1 is 1.19 bits per heavy atom. The molecule has 6 nitrogen and oxygen atoms in total. The van der Waals surface area contributed by atoms with Crippen LogP contribution in [-0.2, 0) is 11.3 Å². The van der Waals surface area contributed by atoms with Crippen LogP contribution in [0.4, 0.5) is 0 Å². The lowest BCUT2D eigenvalue weighted by atomic mass is 10.2. The highest BCUT2D eigenvalue weighted by molar-refractivity contribution is 7.99. The first-order valence-electron chi connectivity index (χ1n) is 8.61. The monoisotopic (exact) mass is 369 g/mol. The Kier molecular flexibility index (Phi) is 5.17. The van der Waals surface area contributed by atoms with Gasteiger partial charge in [-0.15, -0.1) is 10.2 Å². The van der Waals surface area contributed by atoms with Crippen molar-refractivity contribution in [2.75, 3.05) is 12.4 Å². The zero-order chi connectivity index (χ0) is 17.8. The van der Waals surface area contributed by atoms with Gasteiger partial charge in [-0.25, -0.2) is 0 Å². The van der Waals surface area contributed by atoms with Crippen LogP contribution in [0, 0.1) is 0 Å². The molecule has 7 heteroatoms. The first-order chi connectivity index (χ1) is 12.8. The maximum absolute atomic E-state index is 12.4. The molecule has 0 unspecified atom stereocenters. The van der Waals surface area contributed by atoms with E-state index in [9.17, 15) is 4.79 Å². The van der Waals surface area contributed by atoms with E-state index in [2.05, 4.69) is 10.2 Å². The molecule has 0 spiro atoms. The van der Waals surface area contributed by atoms with Crippen LogP contribution in [0.5, 0.6) is 0 Å². The van der Waals surface area contributed by atoms with Crippen LogP contribution in [0.1, 0.15) is 23.2 Å². The molecule has 1 fully saturated rings. The number of thioether (sulfide) groups is 1. The number of ketones is 1. The molecule has 1 aromatic carbocycles. The van der Waals surface area contributed by atoms with Crippen molar-refractivity contribution < 1.29 is 13.9 Å². The second kappa shape index (κ2) is 7.88. The van der Waals surface area contributed by atoms with Crippen molar-refractivity contribution in [3.63, 3.8) is 0 Å². The highest BCUT2D eigenvalue weighted by Gasteiger charge is 2.23. The van der Waals surface area contributed by atoms with Crippen LogP contribution in [0.25, 0.3) is 11.6 Å². The number of ether oxygens (including phenoxy) is 1. The van der Waals surface area contributed by atoms with Gasteiger partial charge in [-0.3, -0.25) is 9.36 Å². The van der Waals surface area contributed by atoms with Gasteiger partial charge < -0.3 is 9.15 Å². The van der Waals surface area contributed by atoms with Crippen molar-refractivity contribution in [3.8, 4) is 11.6 Å². The fraction of sp³-hybridized carbons (Fsp3) is 0.316. The van der Waals surface area contributed by atoms with Crippen LogP contribution in [0.2, 0.25) is 0 Å². The minimum Gasteiger partial charge on any atom is -0.461 e. The first-order valence-corrected chi connectivity index (χ1v) is 9.59. The maximum Gasteiger partial charge on any atom is 0.200 e. The second-order valence-electron chi connectivity index (χ2n) is 6.11. The zero-order valence-electron chi connectivity index (χ0n) is 14.2. The third-order valence-electron chi connectivity index (χ3n) is 4.30. The van der Waals surface area contributed by atoms with Gasteiger partial charge in [0.2, 0.25) is 5.82 Å². The summed E-state index contributed by atoms with van der Waals surface area (Å²) >= 11 is 1.39. The third kappa shape index (κ3) is 3.73. The van der Waals surface area contributed by atoms with Gasteiger partial charge >= 0.3 is 0 Å². The minimum atomic E-state index is 0.0711. The lowest BCUT2D eigenvalue weighted by Gasteiger charge is -2.13. The van der Waals surface area contributed by atoms with E-state index in [1.165, 1.54) is 11.8 Å². The summed E-state index contributed by atoms with van der Waals surface area (Å²) in [7, 11) is 0. The van der Waals surface area contributed by atoms with E-state index in [0.29, 0.717) is 34.6 Å². The molecule has 0 aliphatic carbocycles. The average Bonchev–Trinajstić information content (AvgIpc) is 3.43. The predicted molar refractivity (Wildman–Crippen MR) is 98.2 cm³/mol. The number of aromatic nitrogens is 3. The Hall–Kier alpha value is -2.38. The normalized spacial score (nSPS) is 16.8. The van der Waals surface area contributed by atoms with Crippen LogP contribution >= 0.6 is 11.8 Å². The standard InChI is InChI=1S/C19H19N3O3S/c23-16(14-6-2-1-3-7-14)13-26-19-21-20-18(17-9-5-11-25-17)22(19)12-15-8-4-10-24-15/h1-3,5-7,9,11,15H,4,8,10,12-13H2/t15-/m0/s1. The summed E-state index contributed by atoms with van der Waals surface area (Å²) in [6.07, 6.45) is 3.84. The van der Waals surface area contributed by atoms with Crippen molar-refractivity contribution in [3.05, 3.63) is 54.3 Å². The molecule has 3 aromatic rings. The van der Waals surface area contributed by atoms with Gasteiger partial charge in [0.05, 0.1) is 24.7 Å². The number of hydrogen-bond acceptors (Lipinski definition) is 6. The number of nitrogens with zero attached hydrogens (tertiary/aromatic N) is 3. The summed E-state index contributed by atoms with van der Waals surface area (Å²) in [6, 6.07) is 13.0. The van der Waals surface area contributed by atoms with Crippen LogP contribution in [0.3, 0.4) is 0 Å². The molecular formula is C19H19N3O3S. The first kappa shape index (κ1) is 17.1. The molecule has 0 saturated carbocycles. The lowest BCUT2D eigenvalue weighted by Crippen LogP contribution is -2.17. The van der Waals surface area contributed by atoms with E-state index in [0.717, 1.165) is 19.4 Å². The van der Waals surface area contributed by atoms with E-state index >= 15 is 0 Å². The quantitative estimate of drug-likeness (QED) is 0.467. The summed E-state index contributed by atoms with van der Waals surface area (Å²) in [5.41, 5.74) is 0.705. The number of carbonyl (C=O) groups excluding carboxylic acids is 1. The van der Waals surface area contributed by atoms with E-state index in [1.807, 2.05) is 47.0 Å². The molecule has 26 heavy (non-hydrogen) atoms.